The van der Waals surface area contributed by atoms with Gasteiger partial charge in [0.1, 0.15) is 5.82 Å². The second kappa shape index (κ2) is 6.59. The van der Waals surface area contributed by atoms with E-state index in [-0.39, 0.29) is 6.04 Å². The van der Waals surface area contributed by atoms with Gasteiger partial charge in [-0.05, 0) is 32.1 Å². The number of nitrogen functional groups attached to an aromatic ring is 1. The number of nitrogens with zero attached hydrogens (tertiary/aromatic N) is 2. The molecule has 0 spiro atoms. The summed E-state index contributed by atoms with van der Waals surface area (Å²) in [5.74, 6) is 3.02. The van der Waals surface area contributed by atoms with Crippen molar-refractivity contribution in [1.82, 2.24) is 15.2 Å². The Morgan fingerprint density at radius 2 is 2.42 bits per heavy atom. The number of nitrogens with two attached hydrogens (primary N) is 1. The van der Waals surface area contributed by atoms with Gasteiger partial charge in [0.2, 0.25) is 0 Å². The number of anilines is 1. The van der Waals surface area contributed by atoms with Gasteiger partial charge in [-0.1, -0.05) is 6.92 Å². The summed E-state index contributed by atoms with van der Waals surface area (Å²) in [5.41, 5.74) is 8.52. The van der Waals surface area contributed by atoms with Gasteiger partial charge in [0.05, 0.1) is 6.04 Å². The molecule has 1 aromatic rings. The van der Waals surface area contributed by atoms with E-state index in [4.69, 9.17) is 5.73 Å². The molecule has 4 nitrogen and oxygen atoms in total. The molecular weight excluding hydrogens is 256 g/mol. The molecule has 1 saturated heterocycles. The van der Waals surface area contributed by atoms with E-state index in [1.54, 1.807) is 6.20 Å². The van der Waals surface area contributed by atoms with Crippen LogP contribution >= 0.6 is 11.8 Å². The lowest BCUT2D eigenvalue weighted by Crippen LogP contribution is -2.48. The quantitative estimate of drug-likeness (QED) is 0.879. The Labute approximate surface area is 120 Å². The molecule has 0 saturated carbocycles. The highest BCUT2D eigenvalue weighted by Gasteiger charge is 2.30. The first kappa shape index (κ1) is 14.6. The van der Waals surface area contributed by atoms with Gasteiger partial charge in [-0.25, -0.2) is 4.98 Å². The molecule has 1 aromatic heterocycles. The lowest BCUT2D eigenvalue weighted by atomic mass is 9.95. The number of pyridine rings is 1. The molecule has 2 unspecified atom stereocenters. The van der Waals surface area contributed by atoms with Crippen molar-refractivity contribution < 1.29 is 0 Å². The molecule has 2 atom stereocenters. The Hall–Kier alpha value is -0.780. The Bertz CT molecular complexity index is 404. The fourth-order valence-electron chi connectivity index (χ4n) is 2.70. The average Bonchev–Trinajstić information content (AvgIpc) is 2.38. The van der Waals surface area contributed by atoms with Gasteiger partial charge in [0.15, 0.2) is 0 Å². The summed E-state index contributed by atoms with van der Waals surface area (Å²) in [6, 6.07) is 2.78. The molecule has 19 heavy (non-hydrogen) atoms. The van der Waals surface area contributed by atoms with Crippen molar-refractivity contribution in [3.8, 4) is 0 Å². The molecule has 0 aliphatic carbocycles. The standard InChI is InChI=1S/C14H24N4S/c1-4-16-13(11-9-19-8-7-18(11)3)12-10(2)5-6-17-14(12)15/h5-6,11,13,16H,4,7-9H2,1-3H3,(H2,15,17). The van der Waals surface area contributed by atoms with Gasteiger partial charge < -0.3 is 11.1 Å². The van der Waals surface area contributed by atoms with Crippen LogP contribution < -0.4 is 11.1 Å². The second-order valence-corrected chi connectivity index (χ2v) is 6.23. The summed E-state index contributed by atoms with van der Waals surface area (Å²) in [6.07, 6.45) is 1.79. The zero-order valence-corrected chi connectivity index (χ0v) is 12.8. The van der Waals surface area contributed by atoms with Crippen molar-refractivity contribution >= 4 is 17.6 Å². The number of rotatable bonds is 4. The van der Waals surface area contributed by atoms with E-state index in [0.717, 1.165) is 18.8 Å². The van der Waals surface area contributed by atoms with Crippen molar-refractivity contribution in [1.29, 1.82) is 0 Å². The lowest BCUT2D eigenvalue weighted by molar-refractivity contribution is 0.217. The number of hydrogen-bond donors (Lipinski definition) is 2. The van der Waals surface area contributed by atoms with Gasteiger partial charge in [0.25, 0.3) is 0 Å². The fourth-order valence-corrected chi connectivity index (χ4v) is 3.97. The third-order valence-corrected chi connectivity index (χ3v) is 4.85. The Balaban J connectivity index is 2.33. The van der Waals surface area contributed by atoms with Crippen molar-refractivity contribution in [3.63, 3.8) is 0 Å². The van der Waals surface area contributed by atoms with Crippen LogP contribution in [0, 0.1) is 6.92 Å². The van der Waals surface area contributed by atoms with Gasteiger partial charge in [0, 0.05) is 35.9 Å². The summed E-state index contributed by atoms with van der Waals surface area (Å²) in [7, 11) is 2.20. The van der Waals surface area contributed by atoms with Crippen molar-refractivity contribution in [2.45, 2.75) is 25.9 Å². The smallest absolute Gasteiger partial charge is 0.128 e. The normalized spacial score (nSPS) is 22.4. The van der Waals surface area contributed by atoms with Crippen molar-refractivity contribution in [3.05, 3.63) is 23.4 Å². The van der Waals surface area contributed by atoms with Crippen molar-refractivity contribution in [2.24, 2.45) is 0 Å². The predicted molar refractivity (Wildman–Crippen MR) is 83.5 cm³/mol. The lowest BCUT2D eigenvalue weighted by Gasteiger charge is -2.39. The number of likely N-dealkylation sites (N-methyl/N-ethyl adjacent to an activating group) is 2. The molecule has 0 bridgehead atoms. The van der Waals surface area contributed by atoms with E-state index in [0.29, 0.717) is 11.9 Å². The summed E-state index contributed by atoms with van der Waals surface area (Å²) in [6.45, 7) is 6.34. The minimum atomic E-state index is 0.261. The van der Waals surface area contributed by atoms with E-state index in [2.05, 4.69) is 36.1 Å². The number of nitrogens with one attached hydrogen (secondary N) is 1. The molecule has 2 rings (SSSR count). The van der Waals surface area contributed by atoms with Crippen LogP contribution in [0.15, 0.2) is 12.3 Å². The van der Waals surface area contributed by atoms with Crippen LogP contribution in [0.4, 0.5) is 5.82 Å². The number of thioether (sulfide) groups is 1. The Kier molecular flexibility index (Phi) is 5.07. The minimum absolute atomic E-state index is 0.261. The molecular formula is C14H24N4S. The van der Waals surface area contributed by atoms with Crippen LogP contribution in [-0.2, 0) is 0 Å². The second-order valence-electron chi connectivity index (χ2n) is 5.08. The maximum absolute atomic E-state index is 6.13. The van der Waals surface area contributed by atoms with E-state index in [9.17, 15) is 0 Å². The topological polar surface area (TPSA) is 54.2 Å². The molecule has 106 valence electrons. The van der Waals surface area contributed by atoms with E-state index < -0.39 is 0 Å². The van der Waals surface area contributed by atoms with Crippen LogP contribution in [0.5, 0.6) is 0 Å². The molecule has 5 heteroatoms. The first-order valence-electron chi connectivity index (χ1n) is 6.87. The van der Waals surface area contributed by atoms with Gasteiger partial charge in [-0.3, -0.25) is 4.90 Å². The summed E-state index contributed by atoms with van der Waals surface area (Å²) in [4.78, 5) is 6.72. The molecule has 1 fully saturated rings. The van der Waals surface area contributed by atoms with Crippen LogP contribution in [0.2, 0.25) is 0 Å². The molecule has 0 aromatic carbocycles. The highest BCUT2D eigenvalue weighted by atomic mass is 32.2. The maximum atomic E-state index is 6.13. The summed E-state index contributed by atoms with van der Waals surface area (Å²) in [5, 5.41) is 3.61. The highest BCUT2D eigenvalue weighted by Crippen LogP contribution is 2.31. The van der Waals surface area contributed by atoms with E-state index in [1.807, 2.05) is 17.8 Å². The van der Waals surface area contributed by atoms with Crippen LogP contribution in [0.1, 0.15) is 24.1 Å². The summed E-state index contributed by atoms with van der Waals surface area (Å²) >= 11 is 2.02. The largest absolute Gasteiger partial charge is 0.383 e. The van der Waals surface area contributed by atoms with Gasteiger partial charge in [-0.2, -0.15) is 11.8 Å². The van der Waals surface area contributed by atoms with Crippen LogP contribution in [-0.4, -0.2) is 47.6 Å². The van der Waals surface area contributed by atoms with Crippen molar-refractivity contribution in [2.75, 3.05) is 37.4 Å². The monoisotopic (exact) mass is 280 g/mol. The molecule has 0 amide bonds. The van der Waals surface area contributed by atoms with E-state index in [1.165, 1.54) is 16.9 Å². The SMILES string of the molecule is CCNC(c1c(C)ccnc1N)C1CSCCN1C. The third kappa shape index (κ3) is 3.22. The van der Waals surface area contributed by atoms with E-state index >= 15 is 0 Å². The molecule has 1 aliphatic rings. The fraction of sp³-hybridized carbons (Fsp3) is 0.643. The van der Waals surface area contributed by atoms with Gasteiger partial charge >= 0.3 is 0 Å². The van der Waals surface area contributed by atoms with Gasteiger partial charge in [-0.15, -0.1) is 0 Å². The number of aromatic nitrogens is 1. The van der Waals surface area contributed by atoms with Crippen LogP contribution in [0.3, 0.4) is 0 Å². The summed E-state index contributed by atoms with van der Waals surface area (Å²) < 4.78 is 0. The number of hydrogen-bond acceptors (Lipinski definition) is 5. The first-order chi connectivity index (χ1) is 9.15. The zero-order chi connectivity index (χ0) is 13.8. The maximum Gasteiger partial charge on any atom is 0.128 e. The molecule has 0 radical (unpaired) electrons. The minimum Gasteiger partial charge on any atom is -0.383 e. The molecule has 2 heterocycles. The highest BCUT2D eigenvalue weighted by molar-refractivity contribution is 7.99. The Morgan fingerprint density at radius 1 is 1.63 bits per heavy atom. The predicted octanol–water partition coefficient (Wildman–Crippen LogP) is 1.67. The molecule has 1 aliphatic heterocycles. The zero-order valence-electron chi connectivity index (χ0n) is 12.0. The average molecular weight is 280 g/mol. The first-order valence-corrected chi connectivity index (χ1v) is 8.03. The third-order valence-electron chi connectivity index (χ3n) is 3.80. The Morgan fingerprint density at radius 3 is 3.05 bits per heavy atom. The molecule has 3 N–H and O–H groups in total. The van der Waals surface area contributed by atoms with Crippen LogP contribution in [0.25, 0.3) is 0 Å². The number of aryl methyl sites for hydroxylation is 1.